The monoisotopic (exact) mass is 300 g/mol. The lowest BCUT2D eigenvalue weighted by Crippen LogP contribution is -1.96. The molecule has 3 heteroatoms. The molecule has 0 amide bonds. The van der Waals surface area contributed by atoms with Crippen LogP contribution in [0.4, 0.5) is 5.82 Å². The number of nitrogens with zero attached hydrogens (tertiary/aromatic N) is 1. The molecule has 2 nitrogen and oxygen atoms in total. The number of anilines is 1. The highest BCUT2D eigenvalue weighted by atomic mass is 79.9. The Balaban J connectivity index is 2.39. The summed E-state index contributed by atoms with van der Waals surface area (Å²) in [6.07, 6.45) is 0. The number of aromatic nitrogens is 1. The molecule has 0 aliphatic heterocycles. The van der Waals surface area contributed by atoms with Crippen molar-refractivity contribution in [2.45, 2.75) is 0 Å². The van der Waals surface area contributed by atoms with Crippen molar-refractivity contribution in [1.29, 1.82) is 0 Å². The smallest absolute Gasteiger partial charge is 0.112 e. The zero-order valence-electron chi connectivity index (χ0n) is 10.0. The Bertz CT molecular complexity index is 728. The van der Waals surface area contributed by atoms with Crippen LogP contribution in [-0.2, 0) is 7.05 Å². The van der Waals surface area contributed by atoms with Gasteiger partial charge in [0.2, 0.25) is 0 Å². The third kappa shape index (κ3) is 1.63. The Hall–Kier alpha value is -1.74. The van der Waals surface area contributed by atoms with Crippen LogP contribution in [0.5, 0.6) is 0 Å². The van der Waals surface area contributed by atoms with Crippen LogP contribution < -0.4 is 5.73 Å². The predicted molar refractivity (Wildman–Crippen MR) is 80.5 cm³/mol. The molecule has 0 radical (unpaired) electrons. The highest BCUT2D eigenvalue weighted by Crippen LogP contribution is 2.36. The van der Waals surface area contributed by atoms with Gasteiger partial charge in [-0.15, -0.1) is 0 Å². The van der Waals surface area contributed by atoms with Gasteiger partial charge in [0.15, 0.2) is 0 Å². The molecule has 1 aromatic heterocycles. The molecule has 3 aromatic rings. The number of fused-ring (bicyclic) bond motifs is 1. The van der Waals surface area contributed by atoms with Crippen molar-refractivity contribution in [3.63, 3.8) is 0 Å². The third-order valence-electron chi connectivity index (χ3n) is 3.27. The van der Waals surface area contributed by atoms with Gasteiger partial charge >= 0.3 is 0 Å². The van der Waals surface area contributed by atoms with Gasteiger partial charge in [-0.05, 0) is 23.8 Å². The van der Waals surface area contributed by atoms with Crippen LogP contribution in [0.25, 0.3) is 22.0 Å². The van der Waals surface area contributed by atoms with E-state index < -0.39 is 0 Å². The van der Waals surface area contributed by atoms with Gasteiger partial charge in [-0.2, -0.15) is 0 Å². The maximum atomic E-state index is 6.25. The number of hydrogen-bond donors (Lipinski definition) is 1. The van der Waals surface area contributed by atoms with Gasteiger partial charge in [0.1, 0.15) is 5.82 Å². The van der Waals surface area contributed by atoms with E-state index in [4.69, 9.17) is 5.73 Å². The Labute approximate surface area is 114 Å². The van der Waals surface area contributed by atoms with Crippen LogP contribution in [0, 0.1) is 0 Å². The molecular weight excluding hydrogens is 288 g/mol. The minimum atomic E-state index is 0.800. The van der Waals surface area contributed by atoms with E-state index in [1.54, 1.807) is 0 Å². The normalized spacial score (nSPS) is 11.0. The lowest BCUT2D eigenvalue weighted by atomic mass is 10.0. The van der Waals surface area contributed by atoms with Gasteiger partial charge in [-0.1, -0.05) is 46.3 Å². The van der Waals surface area contributed by atoms with Crippen LogP contribution in [0.3, 0.4) is 0 Å². The number of halogens is 1. The number of benzene rings is 2. The van der Waals surface area contributed by atoms with Crippen molar-refractivity contribution < 1.29 is 0 Å². The number of nitrogen functional groups attached to an aromatic ring is 1. The fourth-order valence-corrected chi connectivity index (χ4v) is 2.76. The first-order chi connectivity index (χ1) is 8.68. The van der Waals surface area contributed by atoms with E-state index in [-0.39, 0.29) is 0 Å². The molecule has 1 heterocycles. The standard InChI is InChI=1S/C15H13BrN2/c1-18-13-8-3-2-7-12(13)14(15(18)17)10-5-4-6-11(16)9-10/h2-9H,17H2,1H3. The number of nitrogens with two attached hydrogens (primary N) is 1. The molecule has 0 aliphatic carbocycles. The van der Waals surface area contributed by atoms with Crippen molar-refractivity contribution in [2.24, 2.45) is 7.05 Å². The Kier molecular flexibility index (Phi) is 2.63. The SMILES string of the molecule is Cn1c(N)c(-c2cccc(Br)c2)c2ccccc21. The fourth-order valence-electron chi connectivity index (χ4n) is 2.36. The molecule has 3 rings (SSSR count). The second-order valence-corrected chi connectivity index (χ2v) is 5.26. The van der Waals surface area contributed by atoms with Crippen LogP contribution >= 0.6 is 15.9 Å². The molecule has 18 heavy (non-hydrogen) atoms. The Morgan fingerprint density at radius 2 is 1.83 bits per heavy atom. The average Bonchev–Trinajstić information content (AvgIpc) is 2.63. The minimum absolute atomic E-state index is 0.800. The van der Waals surface area contributed by atoms with Crippen molar-refractivity contribution in [3.8, 4) is 11.1 Å². The summed E-state index contributed by atoms with van der Waals surface area (Å²) in [5.41, 5.74) is 9.65. The largest absolute Gasteiger partial charge is 0.385 e. The van der Waals surface area contributed by atoms with Crippen LogP contribution in [-0.4, -0.2) is 4.57 Å². The van der Waals surface area contributed by atoms with E-state index in [9.17, 15) is 0 Å². The topological polar surface area (TPSA) is 30.9 Å². The van der Waals surface area contributed by atoms with Crippen molar-refractivity contribution in [3.05, 3.63) is 53.0 Å². The van der Waals surface area contributed by atoms with Gasteiger partial charge in [-0.25, -0.2) is 0 Å². The second-order valence-electron chi connectivity index (χ2n) is 4.35. The van der Waals surface area contributed by atoms with Crippen LogP contribution in [0.15, 0.2) is 53.0 Å². The van der Waals surface area contributed by atoms with E-state index in [1.807, 2.05) is 35.9 Å². The van der Waals surface area contributed by atoms with Crippen LogP contribution in [0.2, 0.25) is 0 Å². The summed E-state index contributed by atoms with van der Waals surface area (Å²) in [5.74, 6) is 0.800. The lowest BCUT2D eigenvalue weighted by molar-refractivity contribution is 0.984. The first-order valence-corrected chi connectivity index (χ1v) is 6.56. The molecule has 0 unspecified atom stereocenters. The molecule has 2 N–H and O–H groups in total. The molecule has 0 fully saturated rings. The highest BCUT2D eigenvalue weighted by Gasteiger charge is 2.13. The molecule has 0 saturated carbocycles. The average molecular weight is 301 g/mol. The first-order valence-electron chi connectivity index (χ1n) is 5.77. The summed E-state index contributed by atoms with van der Waals surface area (Å²) in [7, 11) is 2.00. The van der Waals surface area contributed by atoms with E-state index in [2.05, 4.69) is 40.2 Å². The van der Waals surface area contributed by atoms with Crippen molar-refractivity contribution in [2.75, 3.05) is 5.73 Å². The summed E-state index contributed by atoms with van der Waals surface area (Å²) in [6, 6.07) is 16.5. The van der Waals surface area contributed by atoms with Gasteiger partial charge in [0, 0.05) is 28.0 Å². The molecule has 0 bridgehead atoms. The van der Waals surface area contributed by atoms with Gasteiger partial charge in [-0.3, -0.25) is 0 Å². The molecule has 0 aliphatic rings. The summed E-state index contributed by atoms with van der Waals surface area (Å²) in [4.78, 5) is 0. The van der Waals surface area contributed by atoms with Gasteiger partial charge in [0.25, 0.3) is 0 Å². The quantitative estimate of drug-likeness (QED) is 0.718. The molecule has 0 atom stereocenters. The zero-order valence-corrected chi connectivity index (χ0v) is 11.6. The predicted octanol–water partition coefficient (Wildman–Crippen LogP) is 4.19. The van der Waals surface area contributed by atoms with Gasteiger partial charge in [0.05, 0.1) is 0 Å². The zero-order chi connectivity index (χ0) is 12.7. The Morgan fingerprint density at radius 3 is 2.61 bits per heavy atom. The molecule has 0 saturated heterocycles. The first kappa shape index (κ1) is 11.4. The lowest BCUT2D eigenvalue weighted by Gasteiger charge is -2.03. The van der Waals surface area contributed by atoms with E-state index in [0.717, 1.165) is 26.9 Å². The second kappa shape index (κ2) is 4.18. The van der Waals surface area contributed by atoms with Crippen molar-refractivity contribution >= 4 is 32.7 Å². The number of hydrogen-bond acceptors (Lipinski definition) is 1. The molecule has 90 valence electrons. The molecular formula is C15H13BrN2. The summed E-state index contributed by atoms with van der Waals surface area (Å²) in [6.45, 7) is 0. The molecule has 2 aromatic carbocycles. The van der Waals surface area contributed by atoms with E-state index in [0.29, 0.717) is 0 Å². The summed E-state index contributed by atoms with van der Waals surface area (Å²) >= 11 is 3.51. The highest BCUT2D eigenvalue weighted by molar-refractivity contribution is 9.10. The summed E-state index contributed by atoms with van der Waals surface area (Å²) < 4.78 is 3.10. The molecule has 0 spiro atoms. The van der Waals surface area contributed by atoms with Gasteiger partial charge < -0.3 is 10.3 Å². The number of rotatable bonds is 1. The Morgan fingerprint density at radius 1 is 1.06 bits per heavy atom. The minimum Gasteiger partial charge on any atom is -0.385 e. The third-order valence-corrected chi connectivity index (χ3v) is 3.76. The van der Waals surface area contributed by atoms with E-state index in [1.165, 1.54) is 5.39 Å². The van der Waals surface area contributed by atoms with Crippen molar-refractivity contribution in [1.82, 2.24) is 4.57 Å². The maximum Gasteiger partial charge on any atom is 0.112 e. The fraction of sp³-hybridized carbons (Fsp3) is 0.0667. The maximum absolute atomic E-state index is 6.25. The van der Waals surface area contributed by atoms with E-state index >= 15 is 0 Å². The summed E-state index contributed by atoms with van der Waals surface area (Å²) in [5, 5.41) is 1.19. The number of aryl methyl sites for hydroxylation is 1. The van der Waals surface area contributed by atoms with Crippen LogP contribution in [0.1, 0.15) is 0 Å². The number of para-hydroxylation sites is 1.